The lowest BCUT2D eigenvalue weighted by atomic mass is 10.2. The molecule has 2 aromatic rings. The van der Waals surface area contributed by atoms with Crippen LogP contribution in [0.25, 0.3) is 0 Å². The summed E-state index contributed by atoms with van der Waals surface area (Å²) >= 11 is 0. The Hall–Kier alpha value is -2.01. The number of hydrogen-bond acceptors (Lipinski definition) is 3. The minimum absolute atomic E-state index is 0.0504. The van der Waals surface area contributed by atoms with Gasteiger partial charge in [-0.1, -0.05) is 0 Å². The van der Waals surface area contributed by atoms with Crippen LogP contribution in [0.5, 0.6) is 5.75 Å². The highest BCUT2D eigenvalue weighted by atomic mass is 19.1. The lowest BCUT2D eigenvalue weighted by Gasteiger charge is -2.06. The largest absolute Gasteiger partial charge is 0.487 e. The number of halogens is 2. The van der Waals surface area contributed by atoms with Gasteiger partial charge in [0.1, 0.15) is 24.0 Å². The summed E-state index contributed by atoms with van der Waals surface area (Å²) in [5, 5.41) is 8.81. The maximum Gasteiger partial charge on any atom is 0.138 e. The highest BCUT2D eigenvalue weighted by Crippen LogP contribution is 2.13. The zero-order valence-electron chi connectivity index (χ0n) is 9.44. The molecule has 0 amide bonds. The average Bonchev–Trinajstić information content (AvgIpc) is 2.36. The third kappa shape index (κ3) is 3.24. The van der Waals surface area contributed by atoms with Gasteiger partial charge >= 0.3 is 0 Å². The molecule has 0 spiro atoms. The number of aromatic nitrogens is 1. The fourth-order valence-electron chi connectivity index (χ4n) is 1.45. The van der Waals surface area contributed by atoms with Crippen LogP contribution < -0.4 is 4.74 Å². The van der Waals surface area contributed by atoms with E-state index in [0.29, 0.717) is 17.0 Å². The molecule has 0 atom stereocenters. The van der Waals surface area contributed by atoms with Gasteiger partial charge in [0.15, 0.2) is 0 Å². The topological polar surface area (TPSA) is 42.4 Å². The summed E-state index contributed by atoms with van der Waals surface area (Å²) in [4.78, 5) is 3.92. The summed E-state index contributed by atoms with van der Waals surface area (Å²) in [5.41, 5.74) is 0.929. The molecular weight excluding hydrogens is 240 g/mol. The molecular formula is C13H11F2NO2. The number of aliphatic hydroxyl groups excluding tert-OH is 1. The Morgan fingerprint density at radius 1 is 1.11 bits per heavy atom. The van der Waals surface area contributed by atoms with Crippen LogP contribution in [0, 0.1) is 11.6 Å². The molecule has 94 valence electrons. The van der Waals surface area contributed by atoms with E-state index in [1.165, 1.54) is 18.3 Å². The van der Waals surface area contributed by atoms with E-state index in [4.69, 9.17) is 9.84 Å². The number of aliphatic hydroxyl groups is 1. The number of rotatable bonds is 4. The zero-order valence-corrected chi connectivity index (χ0v) is 9.44. The van der Waals surface area contributed by atoms with Gasteiger partial charge in [0, 0.05) is 6.07 Å². The molecule has 0 aliphatic rings. The first-order valence-electron chi connectivity index (χ1n) is 5.31. The fourth-order valence-corrected chi connectivity index (χ4v) is 1.45. The number of benzene rings is 1. The predicted molar refractivity (Wildman–Crippen MR) is 60.8 cm³/mol. The van der Waals surface area contributed by atoms with Crippen molar-refractivity contribution in [1.82, 2.24) is 4.98 Å². The van der Waals surface area contributed by atoms with Crippen LogP contribution in [-0.2, 0) is 13.2 Å². The van der Waals surface area contributed by atoms with Crippen molar-refractivity contribution in [2.24, 2.45) is 0 Å². The van der Waals surface area contributed by atoms with Gasteiger partial charge in [-0.15, -0.1) is 0 Å². The van der Waals surface area contributed by atoms with Crippen LogP contribution >= 0.6 is 0 Å². The van der Waals surface area contributed by atoms with Gasteiger partial charge < -0.3 is 9.84 Å². The van der Waals surface area contributed by atoms with Crippen LogP contribution in [0.2, 0.25) is 0 Å². The van der Waals surface area contributed by atoms with Gasteiger partial charge in [-0.05, 0) is 29.8 Å². The fraction of sp³-hybridized carbons (Fsp3) is 0.154. The Morgan fingerprint density at radius 3 is 2.39 bits per heavy atom. The molecule has 1 aromatic heterocycles. The Balaban J connectivity index is 2.01. The van der Waals surface area contributed by atoms with E-state index < -0.39 is 11.6 Å². The van der Waals surface area contributed by atoms with Crippen molar-refractivity contribution >= 4 is 0 Å². The predicted octanol–water partition coefficient (Wildman–Crippen LogP) is 2.43. The molecule has 1 N–H and O–H groups in total. The molecule has 0 radical (unpaired) electrons. The van der Waals surface area contributed by atoms with Crippen LogP contribution in [-0.4, -0.2) is 10.1 Å². The quantitative estimate of drug-likeness (QED) is 0.907. The van der Waals surface area contributed by atoms with Gasteiger partial charge in [-0.3, -0.25) is 4.98 Å². The third-order valence-corrected chi connectivity index (χ3v) is 2.29. The van der Waals surface area contributed by atoms with E-state index in [-0.39, 0.29) is 13.2 Å². The minimum Gasteiger partial charge on any atom is -0.487 e. The molecule has 5 heteroatoms. The standard InChI is InChI=1S/C13H11F2NO2/c14-10-3-9(4-11(15)5-10)8-18-13-2-1-12(7-17)16-6-13/h1-6,17H,7-8H2. The molecule has 0 aliphatic heterocycles. The second-order valence-electron chi connectivity index (χ2n) is 3.71. The maximum absolute atomic E-state index is 12.9. The molecule has 0 unspecified atom stereocenters. The number of ether oxygens (including phenoxy) is 1. The second kappa shape index (κ2) is 5.55. The first kappa shape index (κ1) is 12.4. The first-order valence-corrected chi connectivity index (χ1v) is 5.31. The summed E-state index contributed by atoms with van der Waals surface area (Å²) in [6, 6.07) is 6.47. The molecule has 18 heavy (non-hydrogen) atoms. The van der Waals surface area contributed by atoms with Gasteiger partial charge in [0.25, 0.3) is 0 Å². The van der Waals surface area contributed by atoms with Crippen molar-refractivity contribution in [2.45, 2.75) is 13.2 Å². The van der Waals surface area contributed by atoms with Crippen LogP contribution in [0.4, 0.5) is 8.78 Å². The summed E-state index contributed by atoms with van der Waals surface area (Å²) in [7, 11) is 0. The molecule has 1 heterocycles. The second-order valence-corrected chi connectivity index (χ2v) is 3.71. The van der Waals surface area contributed by atoms with E-state index in [0.717, 1.165) is 6.07 Å². The molecule has 2 rings (SSSR count). The smallest absolute Gasteiger partial charge is 0.138 e. The van der Waals surface area contributed by atoms with Crippen molar-refractivity contribution in [3.05, 3.63) is 59.4 Å². The van der Waals surface area contributed by atoms with E-state index in [9.17, 15) is 8.78 Å². The highest BCUT2D eigenvalue weighted by molar-refractivity contribution is 5.22. The molecule has 0 aliphatic carbocycles. The molecule has 0 saturated carbocycles. The molecule has 0 bridgehead atoms. The number of nitrogens with zero attached hydrogens (tertiary/aromatic N) is 1. The Bertz CT molecular complexity index is 509. The van der Waals surface area contributed by atoms with Crippen molar-refractivity contribution in [3.63, 3.8) is 0 Å². The lowest BCUT2D eigenvalue weighted by molar-refractivity contribution is 0.275. The highest BCUT2D eigenvalue weighted by Gasteiger charge is 2.02. The van der Waals surface area contributed by atoms with Crippen molar-refractivity contribution in [1.29, 1.82) is 0 Å². The maximum atomic E-state index is 12.9. The number of hydrogen-bond donors (Lipinski definition) is 1. The van der Waals surface area contributed by atoms with Gasteiger partial charge in [-0.2, -0.15) is 0 Å². The summed E-state index contributed by atoms with van der Waals surface area (Å²) in [6.45, 7) is -0.0930. The van der Waals surface area contributed by atoms with Gasteiger partial charge in [-0.25, -0.2) is 8.78 Å². The van der Waals surface area contributed by atoms with Gasteiger partial charge in [0.2, 0.25) is 0 Å². The van der Waals surface area contributed by atoms with E-state index in [1.54, 1.807) is 12.1 Å². The number of pyridine rings is 1. The molecule has 0 saturated heterocycles. The van der Waals surface area contributed by atoms with Crippen LogP contribution in [0.15, 0.2) is 36.5 Å². The van der Waals surface area contributed by atoms with Crippen molar-refractivity contribution < 1.29 is 18.6 Å². The van der Waals surface area contributed by atoms with E-state index >= 15 is 0 Å². The Labute approximate surface area is 103 Å². The van der Waals surface area contributed by atoms with E-state index in [1.807, 2.05) is 0 Å². The normalized spacial score (nSPS) is 10.4. The van der Waals surface area contributed by atoms with Crippen molar-refractivity contribution in [2.75, 3.05) is 0 Å². The molecule has 1 aromatic carbocycles. The van der Waals surface area contributed by atoms with Crippen molar-refractivity contribution in [3.8, 4) is 5.75 Å². The zero-order chi connectivity index (χ0) is 13.0. The SMILES string of the molecule is OCc1ccc(OCc2cc(F)cc(F)c2)cn1. The average molecular weight is 251 g/mol. The Morgan fingerprint density at radius 2 is 1.83 bits per heavy atom. The van der Waals surface area contributed by atoms with E-state index in [2.05, 4.69) is 4.98 Å². The summed E-state index contributed by atoms with van der Waals surface area (Å²) in [5.74, 6) is -0.804. The van der Waals surface area contributed by atoms with Gasteiger partial charge in [0.05, 0.1) is 18.5 Å². The van der Waals surface area contributed by atoms with Crippen LogP contribution in [0.1, 0.15) is 11.3 Å². The minimum atomic E-state index is -0.637. The third-order valence-electron chi connectivity index (χ3n) is 2.29. The monoisotopic (exact) mass is 251 g/mol. The Kier molecular flexibility index (Phi) is 3.84. The lowest BCUT2D eigenvalue weighted by Crippen LogP contribution is -1.98. The first-order chi connectivity index (χ1) is 8.67. The summed E-state index contributed by atoms with van der Waals surface area (Å²) in [6.07, 6.45) is 1.45. The summed E-state index contributed by atoms with van der Waals surface area (Å²) < 4.78 is 31.2. The molecule has 0 fully saturated rings. The van der Waals surface area contributed by atoms with Crippen LogP contribution in [0.3, 0.4) is 0 Å². The molecule has 3 nitrogen and oxygen atoms in total.